The largest absolute Gasteiger partial charge is 0.463 e. The summed E-state index contributed by atoms with van der Waals surface area (Å²) in [6, 6.07) is 0. The monoisotopic (exact) mass is 720 g/mol. The molecule has 0 fully saturated rings. The van der Waals surface area contributed by atoms with E-state index < -0.39 is 0 Å². The molecule has 0 aromatic carbocycles. The molecule has 1 unspecified atom stereocenters. The third-order valence-corrected chi connectivity index (χ3v) is 9.78. The van der Waals surface area contributed by atoms with Crippen LogP contribution in [0.15, 0.2) is 24.3 Å². The number of carbonyl (C=O) groups is 1. The van der Waals surface area contributed by atoms with Gasteiger partial charge < -0.3 is 19.1 Å². The van der Waals surface area contributed by atoms with E-state index in [1.165, 1.54) is 167 Å². The average molecular weight is 720 g/mol. The Morgan fingerprint density at radius 2 is 0.902 bits per heavy atom. The van der Waals surface area contributed by atoms with Gasteiger partial charge in [-0.05, 0) is 97.7 Å². The van der Waals surface area contributed by atoms with Crippen molar-refractivity contribution in [2.45, 2.75) is 219 Å². The predicted molar refractivity (Wildman–Crippen MR) is 223 cm³/mol. The molecule has 0 aliphatic carbocycles. The average Bonchev–Trinajstić information content (AvgIpc) is 3.12. The molecule has 0 aromatic heterocycles. The van der Waals surface area contributed by atoms with E-state index in [-0.39, 0.29) is 12.1 Å². The van der Waals surface area contributed by atoms with Crippen molar-refractivity contribution in [2.75, 3.05) is 47.1 Å². The number of carbonyl (C=O) groups excluding carboxylic acids is 1. The highest BCUT2D eigenvalue weighted by Gasteiger charge is 2.13. The quantitative estimate of drug-likeness (QED) is 0.0357. The van der Waals surface area contributed by atoms with Crippen LogP contribution in [0.5, 0.6) is 0 Å². The number of nitrogens with zero attached hydrogens (tertiary/aromatic N) is 1. The van der Waals surface area contributed by atoms with Gasteiger partial charge in [0.1, 0.15) is 12.7 Å². The third-order valence-electron chi connectivity index (χ3n) is 9.78. The highest BCUT2D eigenvalue weighted by atomic mass is 16.6. The molecule has 0 saturated carbocycles. The van der Waals surface area contributed by atoms with Gasteiger partial charge in [-0.2, -0.15) is 0 Å². The van der Waals surface area contributed by atoms with Crippen LogP contribution in [0.2, 0.25) is 0 Å². The maximum atomic E-state index is 12.3. The van der Waals surface area contributed by atoms with Crippen LogP contribution < -0.4 is 0 Å². The van der Waals surface area contributed by atoms with Gasteiger partial charge in [0.15, 0.2) is 0 Å². The molecule has 302 valence electrons. The Hall–Kier alpha value is -1.17. The standard InChI is InChI=1S/C46H89NO4/c1-5-7-9-11-13-15-17-19-21-23-25-27-29-31-33-37-41-49-43-45(44-51-46(48)39-35-36-40-47(3)4)50-42-38-34-32-30-28-26-24-22-20-18-16-14-12-10-8-6-2/h19-22,45H,5-18,23-44H2,1-4H3/b21-19-,22-20-. The summed E-state index contributed by atoms with van der Waals surface area (Å²) in [4.78, 5) is 14.5. The van der Waals surface area contributed by atoms with Gasteiger partial charge in [-0.25, -0.2) is 0 Å². The lowest BCUT2D eigenvalue weighted by Crippen LogP contribution is -2.28. The minimum absolute atomic E-state index is 0.118. The van der Waals surface area contributed by atoms with Crippen LogP contribution in [0.4, 0.5) is 0 Å². The first-order valence-corrected chi connectivity index (χ1v) is 22.4. The van der Waals surface area contributed by atoms with Gasteiger partial charge in [0, 0.05) is 19.6 Å². The predicted octanol–water partition coefficient (Wildman–Crippen LogP) is 13.7. The molecule has 0 aliphatic heterocycles. The minimum atomic E-state index is -0.173. The maximum Gasteiger partial charge on any atom is 0.305 e. The summed E-state index contributed by atoms with van der Waals surface area (Å²) in [7, 11) is 4.13. The minimum Gasteiger partial charge on any atom is -0.463 e. The van der Waals surface area contributed by atoms with Crippen molar-refractivity contribution >= 4 is 5.97 Å². The van der Waals surface area contributed by atoms with E-state index in [1.54, 1.807) is 0 Å². The molecule has 51 heavy (non-hydrogen) atoms. The molecule has 1 atom stereocenters. The number of esters is 1. The molecule has 0 amide bonds. The lowest BCUT2D eigenvalue weighted by Gasteiger charge is -2.18. The number of ether oxygens (including phenoxy) is 3. The fourth-order valence-corrected chi connectivity index (χ4v) is 6.37. The Kier molecular flexibility index (Phi) is 42.2. The van der Waals surface area contributed by atoms with Gasteiger partial charge in [0.05, 0.1) is 6.61 Å². The lowest BCUT2D eigenvalue weighted by molar-refractivity contribution is -0.150. The zero-order valence-electron chi connectivity index (χ0n) is 34.9. The van der Waals surface area contributed by atoms with Crippen molar-refractivity contribution in [2.24, 2.45) is 0 Å². The summed E-state index contributed by atoms with van der Waals surface area (Å²) in [5.74, 6) is -0.118. The molecule has 0 bridgehead atoms. The van der Waals surface area contributed by atoms with Gasteiger partial charge >= 0.3 is 5.97 Å². The molecule has 0 saturated heterocycles. The molecule has 0 aromatic rings. The molecule has 5 nitrogen and oxygen atoms in total. The highest BCUT2D eigenvalue weighted by molar-refractivity contribution is 5.69. The summed E-state index contributed by atoms with van der Waals surface area (Å²) < 4.78 is 17.8. The van der Waals surface area contributed by atoms with Gasteiger partial charge in [0.2, 0.25) is 0 Å². The van der Waals surface area contributed by atoms with Gasteiger partial charge in [-0.1, -0.05) is 154 Å². The summed E-state index contributed by atoms with van der Waals surface area (Å²) in [6.07, 6.45) is 48.4. The normalized spacial score (nSPS) is 12.6. The van der Waals surface area contributed by atoms with E-state index in [9.17, 15) is 4.79 Å². The number of hydrogen-bond acceptors (Lipinski definition) is 5. The van der Waals surface area contributed by atoms with Crippen LogP contribution in [0.1, 0.15) is 213 Å². The SMILES string of the molecule is CCCCCCCC/C=C\CCCCCCCCOCC(COC(=O)CCCCN(C)C)OCCCCCCCC/C=C\CCCCCCCC. The molecule has 5 heteroatoms. The maximum absolute atomic E-state index is 12.3. The van der Waals surface area contributed by atoms with E-state index in [0.29, 0.717) is 26.2 Å². The lowest BCUT2D eigenvalue weighted by atomic mass is 10.1. The molecule has 0 aliphatic rings. The summed E-state index contributed by atoms with van der Waals surface area (Å²) in [6.45, 7) is 7.84. The number of rotatable bonds is 42. The smallest absolute Gasteiger partial charge is 0.305 e. The highest BCUT2D eigenvalue weighted by Crippen LogP contribution is 2.12. The van der Waals surface area contributed by atoms with Crippen LogP contribution in [0.3, 0.4) is 0 Å². The number of hydrogen-bond donors (Lipinski definition) is 0. The molecular weight excluding hydrogens is 631 g/mol. The fraction of sp³-hybridized carbons (Fsp3) is 0.891. The fourth-order valence-electron chi connectivity index (χ4n) is 6.37. The van der Waals surface area contributed by atoms with Crippen molar-refractivity contribution in [3.8, 4) is 0 Å². The second-order valence-electron chi connectivity index (χ2n) is 15.4. The Bertz CT molecular complexity index is 737. The molecular formula is C46H89NO4. The number of unbranched alkanes of at least 4 members (excludes halogenated alkanes) is 25. The van der Waals surface area contributed by atoms with Gasteiger partial charge in [-0.15, -0.1) is 0 Å². The first-order valence-electron chi connectivity index (χ1n) is 22.4. The van der Waals surface area contributed by atoms with Gasteiger partial charge in [0.25, 0.3) is 0 Å². The topological polar surface area (TPSA) is 48.0 Å². The van der Waals surface area contributed by atoms with Crippen molar-refractivity contribution in [1.29, 1.82) is 0 Å². The Labute approximate surface area is 319 Å². The summed E-state index contributed by atoms with van der Waals surface area (Å²) in [5, 5.41) is 0. The van der Waals surface area contributed by atoms with E-state index in [1.807, 2.05) is 0 Å². The van der Waals surface area contributed by atoms with Crippen LogP contribution in [0.25, 0.3) is 0 Å². The first-order chi connectivity index (χ1) is 25.1. The van der Waals surface area contributed by atoms with Crippen LogP contribution in [-0.4, -0.2) is 64.0 Å². The van der Waals surface area contributed by atoms with Crippen LogP contribution >= 0.6 is 0 Å². The Morgan fingerprint density at radius 1 is 0.490 bits per heavy atom. The summed E-state index contributed by atoms with van der Waals surface area (Å²) >= 11 is 0. The van der Waals surface area contributed by atoms with Crippen molar-refractivity contribution in [3.05, 3.63) is 24.3 Å². The molecule has 0 N–H and O–H groups in total. The van der Waals surface area contributed by atoms with Crippen LogP contribution in [-0.2, 0) is 19.0 Å². The first kappa shape index (κ1) is 49.8. The van der Waals surface area contributed by atoms with E-state index in [0.717, 1.165) is 38.8 Å². The zero-order valence-corrected chi connectivity index (χ0v) is 34.9. The molecule has 0 radical (unpaired) electrons. The Balaban J connectivity index is 3.98. The van der Waals surface area contributed by atoms with Crippen molar-refractivity contribution in [1.82, 2.24) is 4.90 Å². The third kappa shape index (κ3) is 43.1. The van der Waals surface area contributed by atoms with E-state index in [2.05, 4.69) is 57.1 Å². The number of allylic oxidation sites excluding steroid dienone is 4. The second kappa shape index (κ2) is 43.2. The van der Waals surface area contributed by atoms with E-state index in [4.69, 9.17) is 14.2 Å². The molecule has 0 spiro atoms. The van der Waals surface area contributed by atoms with E-state index >= 15 is 0 Å². The van der Waals surface area contributed by atoms with Gasteiger partial charge in [-0.3, -0.25) is 4.79 Å². The molecule has 0 heterocycles. The van der Waals surface area contributed by atoms with Crippen molar-refractivity contribution < 1.29 is 19.0 Å². The van der Waals surface area contributed by atoms with Crippen molar-refractivity contribution in [3.63, 3.8) is 0 Å². The second-order valence-corrected chi connectivity index (χ2v) is 15.4. The Morgan fingerprint density at radius 3 is 1.35 bits per heavy atom. The van der Waals surface area contributed by atoms with Crippen LogP contribution in [0, 0.1) is 0 Å². The molecule has 0 rings (SSSR count). The zero-order chi connectivity index (χ0) is 37.1. The summed E-state index contributed by atoms with van der Waals surface area (Å²) in [5.41, 5.74) is 0.